The summed E-state index contributed by atoms with van der Waals surface area (Å²) in [5.74, 6) is 0.146. The van der Waals surface area contributed by atoms with Gasteiger partial charge in [-0.1, -0.05) is 134 Å². The van der Waals surface area contributed by atoms with E-state index in [4.69, 9.17) is 25.0 Å². The maximum atomic E-state index is 12.9. The van der Waals surface area contributed by atoms with Gasteiger partial charge in [-0.3, -0.25) is 9.13 Å². The first-order valence-electron chi connectivity index (χ1n) is 16.9. The highest BCUT2D eigenvalue weighted by Crippen LogP contribution is 2.34. The number of nitrogens with zero attached hydrogens (tertiary/aromatic N) is 2. The van der Waals surface area contributed by atoms with Gasteiger partial charge in [0, 0.05) is 24.3 Å². The monoisotopic (exact) mass is 635 g/mol. The molecule has 9 nitrogen and oxygen atoms in total. The molecular weight excluding hydrogens is 577 g/mol. The van der Waals surface area contributed by atoms with Gasteiger partial charge >= 0.3 is 13.3 Å². The highest BCUT2D eigenvalue weighted by atomic mass is 31.2. The summed E-state index contributed by atoms with van der Waals surface area (Å²) < 4.78 is 24.0. The van der Waals surface area contributed by atoms with Crippen LogP contribution in [0.5, 0.6) is 0 Å². The van der Waals surface area contributed by atoms with Crippen LogP contribution in [0, 0.1) is 0 Å². The predicted octanol–water partition coefficient (Wildman–Crippen LogP) is 7.91. The molecule has 0 bridgehead atoms. The first-order chi connectivity index (χ1) is 21.2. The van der Waals surface area contributed by atoms with Gasteiger partial charge in [0.1, 0.15) is 12.2 Å². The largest absolute Gasteiger partial charge is 0.383 e. The van der Waals surface area contributed by atoms with E-state index in [1.807, 2.05) is 37.3 Å². The van der Waals surface area contributed by atoms with Gasteiger partial charge < -0.3 is 25.0 Å². The Morgan fingerprint density at radius 2 is 1.36 bits per heavy atom. The molecule has 0 spiro atoms. The Morgan fingerprint density at radius 3 is 1.89 bits per heavy atom. The van der Waals surface area contributed by atoms with Crippen LogP contribution in [0.1, 0.15) is 140 Å². The Kier molecular flexibility index (Phi) is 19.5. The third kappa shape index (κ3) is 16.3. The van der Waals surface area contributed by atoms with Crippen molar-refractivity contribution in [3.8, 4) is 0 Å². The Labute approximate surface area is 265 Å². The summed E-state index contributed by atoms with van der Waals surface area (Å²) in [4.78, 5) is 35.1. The van der Waals surface area contributed by atoms with E-state index in [-0.39, 0.29) is 25.1 Å². The highest BCUT2D eigenvalue weighted by molar-refractivity contribution is 7.51. The molecule has 0 amide bonds. The highest BCUT2D eigenvalue weighted by Gasteiger charge is 2.22. The summed E-state index contributed by atoms with van der Waals surface area (Å²) in [5, 5.41) is 0. The summed E-state index contributed by atoms with van der Waals surface area (Å²) in [6.45, 7) is 4.83. The van der Waals surface area contributed by atoms with E-state index in [9.17, 15) is 9.36 Å². The molecule has 1 aromatic carbocycles. The van der Waals surface area contributed by atoms with E-state index in [1.54, 1.807) is 0 Å². The van der Waals surface area contributed by atoms with Crippen molar-refractivity contribution in [3.05, 3.63) is 57.6 Å². The zero-order valence-electron chi connectivity index (χ0n) is 27.3. The minimum atomic E-state index is -4.30. The molecule has 0 fully saturated rings. The molecule has 0 aliphatic carbocycles. The summed E-state index contributed by atoms with van der Waals surface area (Å²) in [5.41, 5.74) is 8.09. The Balaban J connectivity index is 1.77. The van der Waals surface area contributed by atoms with E-state index in [0.717, 1.165) is 18.4 Å². The van der Waals surface area contributed by atoms with Gasteiger partial charge in [-0.15, -0.1) is 0 Å². The summed E-state index contributed by atoms with van der Waals surface area (Å²) in [7, 11) is -4.30. The number of anilines is 1. The summed E-state index contributed by atoms with van der Waals surface area (Å²) in [6.07, 6.45) is 20.4. The van der Waals surface area contributed by atoms with Gasteiger partial charge in [0.2, 0.25) is 0 Å². The fourth-order valence-corrected chi connectivity index (χ4v) is 5.99. The van der Waals surface area contributed by atoms with Crippen molar-refractivity contribution in [3.63, 3.8) is 0 Å². The predicted molar refractivity (Wildman–Crippen MR) is 179 cm³/mol. The maximum Gasteiger partial charge on any atom is 0.350 e. The van der Waals surface area contributed by atoms with Crippen LogP contribution in [0.25, 0.3) is 0 Å². The Bertz CT molecular complexity index is 1140. The number of hydrogen-bond acceptors (Lipinski definition) is 6. The van der Waals surface area contributed by atoms with Gasteiger partial charge in [0.15, 0.2) is 0 Å². The second-order valence-electron chi connectivity index (χ2n) is 12.0. The molecule has 1 atom stereocenters. The van der Waals surface area contributed by atoms with Crippen LogP contribution in [-0.4, -0.2) is 38.9 Å². The Morgan fingerprint density at radius 1 is 0.841 bits per heavy atom. The lowest BCUT2D eigenvalue weighted by Crippen LogP contribution is -2.32. The minimum Gasteiger partial charge on any atom is -0.383 e. The molecule has 0 saturated carbocycles. The molecule has 1 unspecified atom stereocenters. The molecule has 0 radical (unpaired) electrons. The molecule has 4 N–H and O–H groups in total. The van der Waals surface area contributed by atoms with Crippen LogP contribution in [0.3, 0.4) is 0 Å². The lowest BCUT2D eigenvalue weighted by molar-refractivity contribution is 0.0616. The van der Waals surface area contributed by atoms with Crippen LogP contribution >= 0.6 is 7.60 Å². The first kappa shape index (κ1) is 38.2. The number of benzene rings is 1. The van der Waals surface area contributed by atoms with Gasteiger partial charge in [0.25, 0.3) is 0 Å². The third-order valence-electron chi connectivity index (χ3n) is 8.07. The molecule has 1 heterocycles. The SMILES string of the molecule is CCCCCCCCCCCCCCCCCCOC(C)c1c(N)nc(=O)n(CCOCP(=O)(O)O)c1Cc1ccccc1. The fraction of sp³-hybridized carbons (Fsp3) is 0.706. The summed E-state index contributed by atoms with van der Waals surface area (Å²) >= 11 is 0. The van der Waals surface area contributed by atoms with Crippen molar-refractivity contribution in [1.82, 2.24) is 9.55 Å². The van der Waals surface area contributed by atoms with Gasteiger partial charge in [-0.25, -0.2) is 4.79 Å². The van der Waals surface area contributed by atoms with E-state index in [0.29, 0.717) is 24.3 Å². The van der Waals surface area contributed by atoms with Crippen molar-refractivity contribution in [2.75, 3.05) is 25.3 Å². The van der Waals surface area contributed by atoms with E-state index >= 15 is 0 Å². The normalized spacial score (nSPS) is 12.5. The van der Waals surface area contributed by atoms with Crippen LogP contribution in [0.2, 0.25) is 0 Å². The van der Waals surface area contributed by atoms with Crippen molar-refractivity contribution >= 4 is 13.4 Å². The topological polar surface area (TPSA) is 137 Å². The van der Waals surface area contributed by atoms with Crippen LogP contribution in [0.15, 0.2) is 35.1 Å². The molecular formula is C34H58N3O6P. The van der Waals surface area contributed by atoms with Crippen molar-refractivity contribution < 1.29 is 23.8 Å². The summed E-state index contributed by atoms with van der Waals surface area (Å²) in [6, 6.07) is 9.74. The lowest BCUT2D eigenvalue weighted by Gasteiger charge is -2.22. The average molecular weight is 636 g/mol. The minimum absolute atomic E-state index is 0.0493. The lowest BCUT2D eigenvalue weighted by atomic mass is 10.0. The Hall–Kier alpha value is -2.03. The number of rotatable bonds is 26. The number of nitrogen functional groups attached to an aromatic ring is 1. The van der Waals surface area contributed by atoms with Gasteiger partial charge in [-0.05, 0) is 18.9 Å². The number of unbranched alkanes of at least 4 members (excludes halogenated alkanes) is 15. The van der Waals surface area contributed by atoms with Gasteiger partial charge in [-0.2, -0.15) is 4.98 Å². The second-order valence-corrected chi connectivity index (χ2v) is 13.6. The molecule has 0 saturated heterocycles. The quantitative estimate of drug-likeness (QED) is 0.0701. The molecule has 1 aromatic heterocycles. The zero-order chi connectivity index (χ0) is 32.0. The number of aromatic nitrogens is 2. The van der Waals surface area contributed by atoms with Crippen LogP contribution in [0.4, 0.5) is 5.82 Å². The standard InChI is InChI=1S/C34H58N3O6P/c1-3-4-5-6-7-8-9-10-11-12-13-14-15-16-17-21-25-43-29(2)32-31(27-30-22-19-18-20-23-30)37(34(38)36-33(32)35)24-26-42-28-44(39,40)41/h18-20,22-23,29H,3-17,21,24-28H2,1-2H3,(H2,35,36,38)(H2,39,40,41). The third-order valence-corrected chi connectivity index (χ3v) is 8.58. The van der Waals surface area contributed by atoms with Crippen molar-refractivity contribution in [2.45, 2.75) is 136 Å². The molecule has 44 heavy (non-hydrogen) atoms. The zero-order valence-corrected chi connectivity index (χ0v) is 28.2. The maximum absolute atomic E-state index is 12.9. The fourth-order valence-electron chi connectivity index (χ4n) is 5.62. The number of ether oxygens (including phenoxy) is 2. The van der Waals surface area contributed by atoms with Crippen molar-refractivity contribution in [2.24, 2.45) is 0 Å². The molecule has 10 heteroatoms. The van der Waals surface area contributed by atoms with Crippen LogP contribution < -0.4 is 11.4 Å². The van der Waals surface area contributed by atoms with Gasteiger partial charge in [0.05, 0.1) is 19.3 Å². The second kappa shape index (κ2) is 22.5. The molecule has 2 aromatic rings. The first-order valence-corrected chi connectivity index (χ1v) is 18.7. The molecule has 0 aliphatic heterocycles. The van der Waals surface area contributed by atoms with Crippen LogP contribution in [-0.2, 0) is 27.0 Å². The molecule has 0 aliphatic rings. The van der Waals surface area contributed by atoms with E-state index in [2.05, 4.69) is 11.9 Å². The average Bonchev–Trinajstić information content (AvgIpc) is 2.98. The molecule has 2 rings (SSSR count). The van der Waals surface area contributed by atoms with Crippen molar-refractivity contribution in [1.29, 1.82) is 0 Å². The smallest absolute Gasteiger partial charge is 0.350 e. The number of hydrogen-bond donors (Lipinski definition) is 3. The van der Waals surface area contributed by atoms with E-state index in [1.165, 1.54) is 94.5 Å². The van der Waals surface area contributed by atoms with E-state index < -0.39 is 19.6 Å². The number of nitrogens with two attached hydrogens (primary N) is 1. The molecule has 250 valence electrons.